The van der Waals surface area contributed by atoms with Crippen LogP contribution < -0.4 is 5.32 Å². The third kappa shape index (κ3) is 3.55. The van der Waals surface area contributed by atoms with Crippen LogP contribution in [0.4, 0.5) is 0 Å². The second-order valence-electron chi connectivity index (χ2n) is 5.17. The van der Waals surface area contributed by atoms with Gasteiger partial charge in [-0.25, -0.2) is 0 Å². The van der Waals surface area contributed by atoms with E-state index in [1.165, 1.54) is 10.4 Å². The van der Waals surface area contributed by atoms with Crippen molar-refractivity contribution in [2.75, 3.05) is 26.8 Å². The number of amides is 1. The van der Waals surface area contributed by atoms with Gasteiger partial charge in [0, 0.05) is 42.7 Å². The minimum absolute atomic E-state index is 0.0878. The number of carbonyl (C=O) groups is 1. The zero-order valence-electron chi connectivity index (χ0n) is 12.5. The monoisotopic (exact) mass is 337 g/mol. The fraction of sp³-hybridized carbons (Fsp3) is 0.467. The van der Waals surface area contributed by atoms with Crippen LogP contribution in [0.5, 0.6) is 0 Å². The third-order valence-electron chi connectivity index (χ3n) is 3.63. The maximum Gasteiger partial charge on any atom is 0.264 e. The second kappa shape index (κ2) is 7.32. The normalized spacial score (nSPS) is 13.9. The number of nitrogens with one attached hydrogen (secondary N) is 1. The van der Waals surface area contributed by atoms with Crippen molar-refractivity contribution in [3.63, 3.8) is 0 Å². The number of fused-ring (bicyclic) bond motifs is 1. The van der Waals surface area contributed by atoms with E-state index in [4.69, 9.17) is 4.74 Å². The highest BCUT2D eigenvalue weighted by Gasteiger charge is 2.22. The predicted molar refractivity (Wildman–Crippen MR) is 88.5 cm³/mol. The van der Waals surface area contributed by atoms with Gasteiger partial charge < -0.3 is 15.0 Å². The van der Waals surface area contributed by atoms with Crippen LogP contribution in [-0.4, -0.2) is 42.6 Å². The smallest absolute Gasteiger partial charge is 0.264 e. The number of thiazole rings is 1. The van der Waals surface area contributed by atoms with Crippen LogP contribution in [0, 0.1) is 0 Å². The first-order valence-electron chi connectivity index (χ1n) is 7.26. The second-order valence-corrected chi connectivity index (χ2v) is 7.28. The van der Waals surface area contributed by atoms with Crippen LogP contribution in [0.15, 0.2) is 17.8 Å². The Bertz CT molecular complexity index is 601. The van der Waals surface area contributed by atoms with E-state index in [-0.39, 0.29) is 5.91 Å². The summed E-state index contributed by atoms with van der Waals surface area (Å²) >= 11 is 3.21. The molecule has 1 amide bonds. The Morgan fingerprint density at radius 1 is 1.55 bits per heavy atom. The molecule has 118 valence electrons. The summed E-state index contributed by atoms with van der Waals surface area (Å²) in [5.74, 6) is 0.0878. The molecule has 7 heteroatoms. The number of hydrogen-bond acceptors (Lipinski definition) is 6. The van der Waals surface area contributed by atoms with Crippen LogP contribution in [0.2, 0.25) is 0 Å². The molecule has 1 aliphatic rings. The summed E-state index contributed by atoms with van der Waals surface area (Å²) in [6.45, 7) is 3.58. The molecule has 3 heterocycles. The van der Waals surface area contributed by atoms with Gasteiger partial charge >= 0.3 is 0 Å². The summed E-state index contributed by atoms with van der Waals surface area (Å²) in [4.78, 5) is 22.0. The molecule has 0 aliphatic carbocycles. The van der Waals surface area contributed by atoms with E-state index in [9.17, 15) is 4.79 Å². The van der Waals surface area contributed by atoms with Gasteiger partial charge in [-0.05, 0) is 18.1 Å². The van der Waals surface area contributed by atoms with Gasteiger partial charge in [-0.3, -0.25) is 9.78 Å². The Labute approximate surface area is 137 Å². The third-order valence-corrected chi connectivity index (χ3v) is 5.62. The molecule has 22 heavy (non-hydrogen) atoms. The number of methoxy groups -OCH3 is 1. The Hall–Kier alpha value is -1.28. The molecule has 2 aromatic rings. The van der Waals surface area contributed by atoms with Crippen LogP contribution in [0.1, 0.15) is 25.0 Å². The van der Waals surface area contributed by atoms with Gasteiger partial charge in [0.1, 0.15) is 0 Å². The van der Waals surface area contributed by atoms with E-state index in [1.807, 2.05) is 17.2 Å². The summed E-state index contributed by atoms with van der Waals surface area (Å²) in [7, 11) is 1.66. The molecular formula is C15H19N3O2S2. The topological polar surface area (TPSA) is 54.5 Å². The number of aromatic nitrogens is 1. The lowest BCUT2D eigenvalue weighted by molar-refractivity contribution is 0.0687. The zero-order valence-corrected chi connectivity index (χ0v) is 14.1. The van der Waals surface area contributed by atoms with Crippen molar-refractivity contribution in [1.29, 1.82) is 0 Å². The fourth-order valence-electron chi connectivity index (χ4n) is 2.48. The van der Waals surface area contributed by atoms with Gasteiger partial charge in [0.05, 0.1) is 23.5 Å². The SMILES string of the molecule is COCCN(Cc1cncs1)C(=O)c1cc2c(s1)CCNC2. The summed E-state index contributed by atoms with van der Waals surface area (Å²) in [5, 5.41) is 3.35. The molecule has 0 fully saturated rings. The van der Waals surface area contributed by atoms with Gasteiger partial charge in [0.25, 0.3) is 5.91 Å². The summed E-state index contributed by atoms with van der Waals surface area (Å²) in [6.07, 6.45) is 2.83. The maximum atomic E-state index is 12.8. The number of nitrogens with zero attached hydrogens (tertiary/aromatic N) is 2. The van der Waals surface area contributed by atoms with Crippen LogP contribution in [-0.2, 0) is 24.2 Å². The Morgan fingerprint density at radius 2 is 2.45 bits per heavy atom. The highest BCUT2D eigenvalue weighted by atomic mass is 32.1. The average molecular weight is 337 g/mol. The highest BCUT2D eigenvalue weighted by molar-refractivity contribution is 7.14. The van der Waals surface area contributed by atoms with Crippen molar-refractivity contribution in [3.05, 3.63) is 38.0 Å². The first-order valence-corrected chi connectivity index (χ1v) is 8.95. The van der Waals surface area contributed by atoms with Crippen LogP contribution in [0.25, 0.3) is 0 Å². The van der Waals surface area contributed by atoms with Gasteiger partial charge in [-0.15, -0.1) is 22.7 Å². The Morgan fingerprint density at radius 3 is 3.18 bits per heavy atom. The molecule has 0 bridgehead atoms. The molecule has 0 saturated carbocycles. The summed E-state index contributed by atoms with van der Waals surface area (Å²) in [6, 6.07) is 2.04. The summed E-state index contributed by atoms with van der Waals surface area (Å²) in [5.41, 5.74) is 3.06. The molecular weight excluding hydrogens is 318 g/mol. The van der Waals surface area contributed by atoms with E-state index in [1.54, 1.807) is 35.3 Å². The number of hydrogen-bond donors (Lipinski definition) is 1. The molecule has 0 unspecified atom stereocenters. The minimum Gasteiger partial charge on any atom is -0.383 e. The van der Waals surface area contributed by atoms with Crippen LogP contribution >= 0.6 is 22.7 Å². The predicted octanol–water partition coefficient (Wildman–Crippen LogP) is 2.14. The lowest BCUT2D eigenvalue weighted by Crippen LogP contribution is -2.32. The van der Waals surface area contributed by atoms with Crippen molar-refractivity contribution in [1.82, 2.24) is 15.2 Å². The Balaban J connectivity index is 1.76. The molecule has 1 N–H and O–H groups in total. The average Bonchev–Trinajstić information content (AvgIpc) is 3.19. The first-order chi connectivity index (χ1) is 10.8. The molecule has 0 spiro atoms. The van der Waals surface area contributed by atoms with Crippen molar-refractivity contribution >= 4 is 28.6 Å². The first kappa shape index (κ1) is 15.6. The maximum absolute atomic E-state index is 12.8. The van der Waals surface area contributed by atoms with Crippen LogP contribution in [0.3, 0.4) is 0 Å². The van der Waals surface area contributed by atoms with E-state index >= 15 is 0 Å². The number of ether oxygens (including phenoxy) is 1. The van der Waals surface area contributed by atoms with Gasteiger partial charge in [-0.2, -0.15) is 0 Å². The van der Waals surface area contributed by atoms with Crippen molar-refractivity contribution in [2.24, 2.45) is 0 Å². The molecule has 3 rings (SSSR count). The molecule has 5 nitrogen and oxygen atoms in total. The number of thiophene rings is 1. The largest absolute Gasteiger partial charge is 0.383 e. The molecule has 0 aromatic carbocycles. The van der Waals surface area contributed by atoms with Gasteiger partial charge in [0.15, 0.2) is 0 Å². The Kier molecular flexibility index (Phi) is 5.20. The van der Waals surface area contributed by atoms with Crippen molar-refractivity contribution < 1.29 is 9.53 Å². The van der Waals surface area contributed by atoms with E-state index in [0.717, 1.165) is 29.3 Å². The van der Waals surface area contributed by atoms with E-state index < -0.39 is 0 Å². The number of rotatable bonds is 6. The lowest BCUT2D eigenvalue weighted by atomic mass is 10.1. The highest BCUT2D eigenvalue weighted by Crippen LogP contribution is 2.27. The standard InChI is InChI=1S/C15H19N3O2S2/c1-20-5-4-18(9-12-8-17-10-21-12)15(19)14-6-11-7-16-3-2-13(11)22-14/h6,8,10,16H,2-5,7,9H2,1H3. The minimum atomic E-state index is 0.0878. The van der Waals surface area contributed by atoms with Gasteiger partial charge in [-0.1, -0.05) is 0 Å². The zero-order chi connectivity index (χ0) is 15.4. The number of carbonyl (C=O) groups excluding carboxylic acids is 1. The molecule has 1 aliphatic heterocycles. The van der Waals surface area contributed by atoms with Gasteiger partial charge in [0.2, 0.25) is 0 Å². The van der Waals surface area contributed by atoms with Crippen molar-refractivity contribution in [2.45, 2.75) is 19.5 Å². The molecule has 2 aromatic heterocycles. The molecule has 0 saturated heterocycles. The summed E-state index contributed by atoms with van der Waals surface area (Å²) < 4.78 is 5.15. The quantitative estimate of drug-likeness (QED) is 0.877. The lowest BCUT2D eigenvalue weighted by Gasteiger charge is -2.20. The van der Waals surface area contributed by atoms with E-state index in [2.05, 4.69) is 10.3 Å². The molecule has 0 radical (unpaired) electrons. The molecule has 0 atom stereocenters. The van der Waals surface area contributed by atoms with Crippen molar-refractivity contribution in [3.8, 4) is 0 Å². The van der Waals surface area contributed by atoms with E-state index in [0.29, 0.717) is 19.7 Å². The fourth-order valence-corrected chi connectivity index (χ4v) is 4.23.